The Kier molecular flexibility index (Phi) is 2.91. The number of carbonyl (C=O) groups is 1. The number of amides is 2. The molecule has 1 N–H and O–H groups in total. The first-order valence-electron chi connectivity index (χ1n) is 5.51. The number of rotatable bonds is 1. The van der Waals surface area contributed by atoms with Gasteiger partial charge in [0.15, 0.2) is 0 Å². The fraction of sp³-hybridized carbons (Fsp3) is 0.900. The van der Waals surface area contributed by atoms with Crippen molar-refractivity contribution < 1.29 is 4.79 Å². The monoisotopic (exact) mass is 197 g/mol. The molecule has 4 heteroatoms. The van der Waals surface area contributed by atoms with Gasteiger partial charge in [-0.3, -0.25) is 0 Å². The second-order valence-electron chi connectivity index (χ2n) is 4.25. The van der Waals surface area contributed by atoms with Crippen LogP contribution in [0.4, 0.5) is 4.79 Å². The minimum absolute atomic E-state index is 0.213. The number of hydrogen-bond donors (Lipinski definition) is 1. The molecule has 2 heterocycles. The first-order valence-corrected chi connectivity index (χ1v) is 5.51. The van der Waals surface area contributed by atoms with Crippen LogP contribution in [0.2, 0.25) is 0 Å². The highest BCUT2D eigenvalue weighted by Crippen LogP contribution is 2.16. The fourth-order valence-corrected chi connectivity index (χ4v) is 2.33. The van der Waals surface area contributed by atoms with E-state index < -0.39 is 0 Å². The molecule has 80 valence electrons. The largest absolute Gasteiger partial charge is 0.328 e. The van der Waals surface area contributed by atoms with E-state index >= 15 is 0 Å². The molecule has 0 aliphatic carbocycles. The molecule has 0 bridgehead atoms. The molecule has 0 saturated carbocycles. The average Bonchev–Trinajstić information content (AvgIpc) is 2.23. The van der Waals surface area contributed by atoms with E-state index in [9.17, 15) is 4.79 Å². The van der Waals surface area contributed by atoms with E-state index in [1.54, 1.807) is 0 Å². The molecule has 2 saturated heterocycles. The molecule has 0 aromatic carbocycles. The predicted octanol–water partition coefficient (Wildman–Crippen LogP) is 0.496. The number of carbonyl (C=O) groups excluding carboxylic acids is 1. The second-order valence-corrected chi connectivity index (χ2v) is 4.25. The van der Waals surface area contributed by atoms with Crippen molar-refractivity contribution in [2.24, 2.45) is 0 Å². The van der Waals surface area contributed by atoms with Gasteiger partial charge in [0.1, 0.15) is 0 Å². The molecule has 0 spiro atoms. The maximum Gasteiger partial charge on any atom is 0.320 e. The first kappa shape index (κ1) is 9.77. The zero-order valence-corrected chi connectivity index (χ0v) is 8.83. The van der Waals surface area contributed by atoms with Crippen LogP contribution in [-0.2, 0) is 0 Å². The molecule has 2 aliphatic rings. The highest BCUT2D eigenvalue weighted by atomic mass is 16.2. The molecule has 0 radical (unpaired) electrons. The van der Waals surface area contributed by atoms with Gasteiger partial charge in [-0.2, -0.15) is 0 Å². The highest BCUT2D eigenvalue weighted by molar-refractivity contribution is 5.75. The molecular weight excluding hydrogens is 178 g/mol. The van der Waals surface area contributed by atoms with Crippen LogP contribution < -0.4 is 5.32 Å². The minimum Gasteiger partial charge on any atom is -0.328 e. The minimum atomic E-state index is 0.213. The van der Waals surface area contributed by atoms with Crippen molar-refractivity contribution in [3.05, 3.63) is 0 Å². The quantitative estimate of drug-likeness (QED) is 0.664. The summed E-state index contributed by atoms with van der Waals surface area (Å²) in [6, 6.07) is 0.643. The van der Waals surface area contributed by atoms with Crippen LogP contribution in [-0.4, -0.2) is 55.1 Å². The molecule has 0 aromatic rings. The van der Waals surface area contributed by atoms with Crippen LogP contribution in [0, 0.1) is 0 Å². The summed E-state index contributed by atoms with van der Waals surface area (Å²) in [7, 11) is 1.89. The van der Waals surface area contributed by atoms with E-state index in [2.05, 4.69) is 5.32 Å². The Morgan fingerprint density at radius 2 is 2.21 bits per heavy atom. The SMILES string of the molecule is CN1CCCN([C@@H]2CCCNC2)C1=O. The molecule has 2 aliphatic heterocycles. The standard InChI is InChI=1S/C10H19N3O/c1-12-6-3-7-13(10(12)14)9-4-2-5-11-8-9/h9,11H,2-8H2,1H3/t9-/m1/s1. The van der Waals surface area contributed by atoms with E-state index in [4.69, 9.17) is 0 Å². The van der Waals surface area contributed by atoms with Crippen LogP contribution in [0.25, 0.3) is 0 Å². The molecule has 14 heavy (non-hydrogen) atoms. The zero-order valence-electron chi connectivity index (χ0n) is 8.83. The number of piperidine rings is 1. The number of hydrogen-bond acceptors (Lipinski definition) is 2. The summed E-state index contributed by atoms with van der Waals surface area (Å²) in [6.07, 6.45) is 3.46. The van der Waals surface area contributed by atoms with Crippen molar-refractivity contribution in [2.75, 3.05) is 33.2 Å². The summed E-state index contributed by atoms with van der Waals surface area (Å²) < 4.78 is 0. The molecule has 0 unspecified atom stereocenters. The highest BCUT2D eigenvalue weighted by Gasteiger charge is 2.29. The summed E-state index contributed by atoms with van der Waals surface area (Å²) in [6.45, 7) is 3.93. The summed E-state index contributed by atoms with van der Waals surface area (Å²) in [5.74, 6) is 0. The Balaban J connectivity index is 1.97. The Morgan fingerprint density at radius 3 is 2.93 bits per heavy atom. The van der Waals surface area contributed by atoms with E-state index in [0.717, 1.165) is 39.0 Å². The Labute approximate surface area is 85.2 Å². The Bertz CT molecular complexity index is 213. The van der Waals surface area contributed by atoms with E-state index in [1.165, 1.54) is 6.42 Å². The smallest absolute Gasteiger partial charge is 0.320 e. The third-order valence-corrected chi connectivity index (χ3v) is 3.18. The lowest BCUT2D eigenvalue weighted by atomic mass is 10.1. The second kappa shape index (κ2) is 4.17. The van der Waals surface area contributed by atoms with Crippen molar-refractivity contribution in [1.29, 1.82) is 0 Å². The van der Waals surface area contributed by atoms with Gasteiger partial charge in [-0.05, 0) is 25.8 Å². The normalized spacial score (nSPS) is 29.5. The maximum atomic E-state index is 11.8. The molecule has 2 rings (SSSR count). The topological polar surface area (TPSA) is 35.6 Å². The molecule has 2 fully saturated rings. The van der Waals surface area contributed by atoms with Crippen LogP contribution in [0.3, 0.4) is 0 Å². The van der Waals surface area contributed by atoms with Crippen LogP contribution in [0.1, 0.15) is 19.3 Å². The van der Waals surface area contributed by atoms with Gasteiger partial charge in [0.25, 0.3) is 0 Å². The van der Waals surface area contributed by atoms with Gasteiger partial charge in [0, 0.05) is 32.7 Å². The lowest BCUT2D eigenvalue weighted by Crippen LogP contribution is -2.55. The van der Waals surface area contributed by atoms with Gasteiger partial charge in [-0.15, -0.1) is 0 Å². The Hall–Kier alpha value is -0.770. The third-order valence-electron chi connectivity index (χ3n) is 3.18. The summed E-state index contributed by atoms with van der Waals surface area (Å²) >= 11 is 0. The van der Waals surface area contributed by atoms with Crippen LogP contribution in [0.5, 0.6) is 0 Å². The molecule has 4 nitrogen and oxygen atoms in total. The lowest BCUT2D eigenvalue weighted by Gasteiger charge is -2.40. The number of nitrogens with one attached hydrogen (secondary N) is 1. The van der Waals surface area contributed by atoms with Crippen molar-refractivity contribution >= 4 is 6.03 Å². The van der Waals surface area contributed by atoms with E-state index in [1.807, 2.05) is 16.8 Å². The summed E-state index contributed by atoms with van der Waals surface area (Å²) in [5, 5.41) is 3.36. The third kappa shape index (κ3) is 1.85. The fourth-order valence-electron chi connectivity index (χ4n) is 2.33. The molecule has 0 aromatic heterocycles. The maximum absolute atomic E-state index is 11.8. The van der Waals surface area contributed by atoms with Gasteiger partial charge >= 0.3 is 6.03 Å². The van der Waals surface area contributed by atoms with Crippen LogP contribution in [0.15, 0.2) is 0 Å². The van der Waals surface area contributed by atoms with Gasteiger partial charge in [0.05, 0.1) is 0 Å². The first-order chi connectivity index (χ1) is 6.79. The van der Waals surface area contributed by atoms with Gasteiger partial charge in [0.2, 0.25) is 0 Å². The summed E-state index contributed by atoms with van der Waals surface area (Å²) in [5.41, 5.74) is 0. The van der Waals surface area contributed by atoms with Crippen molar-refractivity contribution in [2.45, 2.75) is 25.3 Å². The van der Waals surface area contributed by atoms with Gasteiger partial charge in [-0.1, -0.05) is 0 Å². The average molecular weight is 197 g/mol. The number of nitrogens with zero attached hydrogens (tertiary/aromatic N) is 2. The van der Waals surface area contributed by atoms with Crippen LogP contribution >= 0.6 is 0 Å². The van der Waals surface area contributed by atoms with Gasteiger partial charge < -0.3 is 15.1 Å². The van der Waals surface area contributed by atoms with E-state index in [0.29, 0.717) is 6.04 Å². The molecular formula is C10H19N3O. The van der Waals surface area contributed by atoms with Gasteiger partial charge in [-0.25, -0.2) is 4.79 Å². The van der Waals surface area contributed by atoms with Crippen molar-refractivity contribution in [1.82, 2.24) is 15.1 Å². The number of urea groups is 1. The molecule has 1 atom stereocenters. The predicted molar refractivity (Wildman–Crippen MR) is 55.2 cm³/mol. The summed E-state index contributed by atoms with van der Waals surface area (Å²) in [4.78, 5) is 15.7. The Morgan fingerprint density at radius 1 is 1.36 bits per heavy atom. The molecule has 2 amide bonds. The zero-order chi connectivity index (χ0) is 9.97. The van der Waals surface area contributed by atoms with E-state index in [-0.39, 0.29) is 6.03 Å². The van der Waals surface area contributed by atoms with Crippen molar-refractivity contribution in [3.63, 3.8) is 0 Å². The van der Waals surface area contributed by atoms with Crippen molar-refractivity contribution in [3.8, 4) is 0 Å². The lowest BCUT2D eigenvalue weighted by molar-refractivity contribution is 0.109.